The van der Waals surface area contributed by atoms with E-state index >= 15 is 0 Å². The van der Waals surface area contributed by atoms with Crippen LogP contribution in [0.25, 0.3) is 11.4 Å². The zero-order chi connectivity index (χ0) is 20.6. The fourth-order valence-electron chi connectivity index (χ4n) is 3.38. The van der Waals surface area contributed by atoms with E-state index in [1.807, 2.05) is 34.6 Å². The molecule has 0 radical (unpaired) electrons. The molecule has 1 heterocycles. The van der Waals surface area contributed by atoms with E-state index in [2.05, 4.69) is 10.1 Å². The van der Waals surface area contributed by atoms with Gasteiger partial charge in [0.1, 0.15) is 17.5 Å². The van der Waals surface area contributed by atoms with E-state index in [1.165, 1.54) is 17.0 Å². The number of benzene rings is 1. The van der Waals surface area contributed by atoms with Crippen molar-refractivity contribution >= 4 is 6.09 Å². The SMILES string of the molecule is Cc1nc(-c2cc(F)cc(F)c2)nn1CCC(C)(C)N(C(=O)O)C(C)(C)C. The quantitative estimate of drug-likeness (QED) is 0.830. The first-order valence-electron chi connectivity index (χ1n) is 8.72. The Labute approximate surface area is 157 Å². The minimum absolute atomic E-state index is 0.231. The lowest BCUT2D eigenvalue weighted by Gasteiger charge is -2.45. The first kappa shape index (κ1) is 20.8. The lowest BCUT2D eigenvalue weighted by atomic mass is 9.92. The Kier molecular flexibility index (Phi) is 5.58. The number of aromatic nitrogens is 3. The van der Waals surface area contributed by atoms with Crippen molar-refractivity contribution in [2.24, 2.45) is 0 Å². The number of aryl methyl sites for hydroxylation is 2. The highest BCUT2D eigenvalue weighted by Crippen LogP contribution is 2.29. The van der Waals surface area contributed by atoms with Crippen LogP contribution in [0.5, 0.6) is 0 Å². The zero-order valence-electron chi connectivity index (χ0n) is 16.5. The summed E-state index contributed by atoms with van der Waals surface area (Å²) in [6.45, 7) is 11.4. The van der Waals surface area contributed by atoms with Crippen molar-refractivity contribution < 1.29 is 18.7 Å². The monoisotopic (exact) mass is 380 g/mol. The number of nitrogens with zero attached hydrogens (tertiary/aromatic N) is 4. The van der Waals surface area contributed by atoms with Crippen LogP contribution in [0.15, 0.2) is 18.2 Å². The van der Waals surface area contributed by atoms with Gasteiger partial charge in [-0.05, 0) is 60.1 Å². The van der Waals surface area contributed by atoms with Crippen molar-refractivity contribution in [3.05, 3.63) is 35.7 Å². The van der Waals surface area contributed by atoms with Crippen LogP contribution >= 0.6 is 0 Å². The summed E-state index contributed by atoms with van der Waals surface area (Å²) in [5.74, 6) is -0.567. The molecule has 0 unspecified atom stereocenters. The molecule has 0 atom stereocenters. The van der Waals surface area contributed by atoms with E-state index in [9.17, 15) is 18.7 Å². The highest BCUT2D eigenvalue weighted by atomic mass is 19.1. The van der Waals surface area contributed by atoms with Crippen LogP contribution in [0.4, 0.5) is 13.6 Å². The third-order valence-electron chi connectivity index (χ3n) is 4.38. The molecule has 0 fully saturated rings. The summed E-state index contributed by atoms with van der Waals surface area (Å²) in [7, 11) is 0. The minimum atomic E-state index is -0.987. The van der Waals surface area contributed by atoms with E-state index < -0.39 is 28.8 Å². The van der Waals surface area contributed by atoms with Crippen molar-refractivity contribution in [1.82, 2.24) is 19.7 Å². The first-order valence-corrected chi connectivity index (χ1v) is 8.72. The Bertz CT molecular complexity index is 820. The average Bonchev–Trinajstić information content (AvgIpc) is 2.83. The molecule has 1 aromatic carbocycles. The summed E-state index contributed by atoms with van der Waals surface area (Å²) in [6, 6.07) is 3.15. The standard InChI is InChI=1S/C19H26F2N4O2/c1-12-22-16(13-9-14(20)11-15(21)10-13)23-24(12)8-7-19(5,6)25(17(26)27)18(2,3)4/h9-11H,7-8H2,1-6H3,(H,26,27). The van der Waals surface area contributed by atoms with Crippen molar-refractivity contribution in [3.63, 3.8) is 0 Å². The van der Waals surface area contributed by atoms with Gasteiger partial charge in [-0.3, -0.25) is 4.90 Å². The van der Waals surface area contributed by atoms with Gasteiger partial charge in [0.25, 0.3) is 0 Å². The smallest absolute Gasteiger partial charge is 0.408 e. The maximum Gasteiger partial charge on any atom is 0.408 e. The molecule has 1 aromatic heterocycles. The van der Waals surface area contributed by atoms with E-state index in [0.717, 1.165) is 6.07 Å². The van der Waals surface area contributed by atoms with E-state index in [1.54, 1.807) is 11.6 Å². The number of hydrogen-bond donors (Lipinski definition) is 1. The summed E-state index contributed by atoms with van der Waals surface area (Å²) in [5, 5.41) is 14.0. The molecule has 8 heteroatoms. The third-order valence-corrected chi connectivity index (χ3v) is 4.38. The number of amides is 1. The second-order valence-electron chi connectivity index (χ2n) is 8.22. The van der Waals surface area contributed by atoms with E-state index in [0.29, 0.717) is 18.8 Å². The maximum atomic E-state index is 13.4. The fraction of sp³-hybridized carbons (Fsp3) is 0.526. The van der Waals surface area contributed by atoms with Gasteiger partial charge in [-0.15, -0.1) is 0 Å². The van der Waals surface area contributed by atoms with Crippen molar-refractivity contribution in [1.29, 1.82) is 0 Å². The maximum absolute atomic E-state index is 13.4. The van der Waals surface area contributed by atoms with Crippen molar-refractivity contribution in [3.8, 4) is 11.4 Å². The molecule has 0 saturated carbocycles. The molecule has 2 rings (SSSR count). The van der Waals surface area contributed by atoms with Gasteiger partial charge in [-0.25, -0.2) is 23.2 Å². The topological polar surface area (TPSA) is 71.2 Å². The largest absolute Gasteiger partial charge is 0.465 e. The summed E-state index contributed by atoms with van der Waals surface area (Å²) in [5.41, 5.74) is -0.944. The van der Waals surface area contributed by atoms with Gasteiger partial charge < -0.3 is 5.11 Å². The predicted octanol–water partition coefficient (Wildman–Crippen LogP) is 4.48. The lowest BCUT2D eigenvalue weighted by Crippen LogP contribution is -2.57. The van der Waals surface area contributed by atoms with Crippen LogP contribution in [-0.2, 0) is 6.54 Å². The highest BCUT2D eigenvalue weighted by molar-refractivity contribution is 5.67. The number of halogens is 2. The molecule has 0 aliphatic heterocycles. The van der Waals surface area contributed by atoms with Gasteiger partial charge in [0.15, 0.2) is 5.82 Å². The van der Waals surface area contributed by atoms with Crippen LogP contribution in [0.2, 0.25) is 0 Å². The predicted molar refractivity (Wildman–Crippen MR) is 98.4 cm³/mol. The van der Waals surface area contributed by atoms with Gasteiger partial charge in [-0.1, -0.05) is 0 Å². The number of hydrogen-bond acceptors (Lipinski definition) is 3. The number of carbonyl (C=O) groups is 1. The van der Waals surface area contributed by atoms with Gasteiger partial charge in [0.2, 0.25) is 0 Å². The van der Waals surface area contributed by atoms with Gasteiger partial charge in [-0.2, -0.15) is 5.10 Å². The molecule has 1 amide bonds. The Morgan fingerprint density at radius 3 is 2.19 bits per heavy atom. The molecule has 27 heavy (non-hydrogen) atoms. The Morgan fingerprint density at radius 1 is 1.15 bits per heavy atom. The molecule has 148 valence electrons. The second-order valence-corrected chi connectivity index (χ2v) is 8.22. The fourth-order valence-corrected chi connectivity index (χ4v) is 3.38. The molecule has 0 aliphatic rings. The minimum Gasteiger partial charge on any atom is -0.465 e. The Morgan fingerprint density at radius 2 is 1.70 bits per heavy atom. The highest BCUT2D eigenvalue weighted by Gasteiger charge is 2.38. The zero-order valence-corrected chi connectivity index (χ0v) is 16.5. The van der Waals surface area contributed by atoms with Crippen molar-refractivity contribution in [2.45, 2.75) is 65.6 Å². The van der Waals surface area contributed by atoms with Crippen LogP contribution in [0.3, 0.4) is 0 Å². The molecular formula is C19H26F2N4O2. The van der Waals surface area contributed by atoms with Gasteiger partial charge in [0, 0.05) is 29.3 Å². The van der Waals surface area contributed by atoms with Crippen molar-refractivity contribution in [2.75, 3.05) is 0 Å². The molecule has 0 saturated heterocycles. The molecule has 0 aliphatic carbocycles. The molecule has 6 nitrogen and oxygen atoms in total. The molecular weight excluding hydrogens is 354 g/mol. The summed E-state index contributed by atoms with van der Waals surface area (Å²) in [6.07, 6.45) is -0.490. The number of rotatable bonds is 5. The average molecular weight is 380 g/mol. The summed E-state index contributed by atoms with van der Waals surface area (Å²) < 4.78 is 28.5. The third kappa shape index (κ3) is 4.81. The van der Waals surface area contributed by atoms with Crippen LogP contribution in [-0.4, -0.2) is 41.9 Å². The molecule has 2 aromatic rings. The summed E-state index contributed by atoms with van der Waals surface area (Å²) >= 11 is 0. The van der Waals surface area contributed by atoms with Crippen LogP contribution < -0.4 is 0 Å². The second kappa shape index (κ2) is 7.25. The van der Waals surface area contributed by atoms with E-state index in [4.69, 9.17) is 0 Å². The van der Waals surface area contributed by atoms with Crippen LogP contribution in [0, 0.1) is 18.6 Å². The molecule has 0 bridgehead atoms. The first-order chi connectivity index (χ1) is 12.3. The van der Waals surface area contributed by atoms with Crippen LogP contribution in [0.1, 0.15) is 46.9 Å². The van der Waals surface area contributed by atoms with E-state index in [-0.39, 0.29) is 11.4 Å². The Balaban J connectivity index is 2.23. The Hall–Kier alpha value is -2.51. The molecule has 0 spiro atoms. The summed E-state index contributed by atoms with van der Waals surface area (Å²) in [4.78, 5) is 17.5. The van der Waals surface area contributed by atoms with Gasteiger partial charge in [0.05, 0.1) is 0 Å². The number of carboxylic acid groups (broad SMARTS) is 1. The van der Waals surface area contributed by atoms with Gasteiger partial charge >= 0.3 is 6.09 Å². The molecule has 1 N–H and O–H groups in total. The normalized spacial score (nSPS) is 12.3. The lowest BCUT2D eigenvalue weighted by molar-refractivity contribution is 0.0266.